The van der Waals surface area contributed by atoms with Gasteiger partial charge < -0.3 is 4.57 Å². The summed E-state index contributed by atoms with van der Waals surface area (Å²) in [6.07, 6.45) is 5.89. The van der Waals surface area contributed by atoms with Crippen molar-refractivity contribution in [2.75, 3.05) is 0 Å². The highest BCUT2D eigenvalue weighted by Crippen LogP contribution is 2.39. The molecule has 1 nitrogen and oxygen atoms in total. The summed E-state index contributed by atoms with van der Waals surface area (Å²) in [5.41, 5.74) is 7.48. The second kappa shape index (κ2) is 11.3. The lowest BCUT2D eigenvalue weighted by Gasteiger charge is -2.13. The highest BCUT2D eigenvalue weighted by molar-refractivity contribution is 6.18. The third-order valence-electron chi connectivity index (χ3n) is 9.84. The summed E-state index contributed by atoms with van der Waals surface area (Å²) in [6, 6.07) is 56.3. The standard InChI is InChI=1S/C46H35N/c1-2-3-5-18-42(31-12-6-4-7-13-31)32-19-21-41(22-20-32)47-45-29-39-25-35-16-10-8-14-33(35)23-37(39)27-43(45)44-28-38-24-34-15-9-11-17-36(34)26-40(38)30-46(44)47/h4,6-30H,2-3,5H2,1H3/b42-18+. The second-order valence-electron chi connectivity index (χ2n) is 12.8. The molecule has 0 fully saturated rings. The van der Waals surface area contributed by atoms with Crippen LogP contribution in [0.1, 0.15) is 37.3 Å². The molecule has 0 saturated carbocycles. The fourth-order valence-corrected chi connectivity index (χ4v) is 7.43. The topological polar surface area (TPSA) is 4.93 Å². The van der Waals surface area contributed by atoms with E-state index < -0.39 is 0 Å². The summed E-state index contributed by atoms with van der Waals surface area (Å²) >= 11 is 0. The van der Waals surface area contributed by atoms with Gasteiger partial charge in [0.15, 0.2) is 0 Å². The van der Waals surface area contributed by atoms with Crippen molar-refractivity contribution in [3.05, 3.63) is 169 Å². The van der Waals surface area contributed by atoms with Gasteiger partial charge in [-0.05, 0) is 127 Å². The number of aromatic nitrogens is 1. The summed E-state index contributed by atoms with van der Waals surface area (Å²) in [5.74, 6) is 0. The third kappa shape index (κ3) is 4.78. The van der Waals surface area contributed by atoms with E-state index in [1.54, 1.807) is 0 Å². The molecule has 9 aromatic rings. The Balaban J connectivity index is 1.29. The van der Waals surface area contributed by atoms with E-state index >= 15 is 0 Å². The largest absolute Gasteiger partial charge is 0.309 e. The van der Waals surface area contributed by atoms with E-state index in [1.807, 2.05) is 0 Å². The van der Waals surface area contributed by atoms with Crippen LogP contribution in [0.15, 0.2) is 158 Å². The molecule has 0 N–H and O–H groups in total. The van der Waals surface area contributed by atoms with Crippen LogP contribution < -0.4 is 0 Å². The molecule has 0 aliphatic rings. The van der Waals surface area contributed by atoms with Gasteiger partial charge in [-0.15, -0.1) is 0 Å². The van der Waals surface area contributed by atoms with Crippen LogP contribution in [0.4, 0.5) is 0 Å². The van der Waals surface area contributed by atoms with Crippen molar-refractivity contribution in [3.63, 3.8) is 0 Å². The van der Waals surface area contributed by atoms with Crippen molar-refractivity contribution in [2.24, 2.45) is 0 Å². The number of hydrogen-bond acceptors (Lipinski definition) is 0. The molecular formula is C46H35N. The molecule has 1 heterocycles. The molecule has 0 spiro atoms. The third-order valence-corrected chi connectivity index (χ3v) is 9.84. The highest BCUT2D eigenvalue weighted by Gasteiger charge is 2.16. The predicted octanol–water partition coefficient (Wildman–Crippen LogP) is 13.0. The highest BCUT2D eigenvalue weighted by atomic mass is 15.0. The van der Waals surface area contributed by atoms with Gasteiger partial charge in [0.1, 0.15) is 0 Å². The average Bonchev–Trinajstić information content (AvgIpc) is 3.41. The summed E-state index contributed by atoms with van der Waals surface area (Å²) in [6.45, 7) is 2.26. The summed E-state index contributed by atoms with van der Waals surface area (Å²) in [4.78, 5) is 0. The fraction of sp³-hybridized carbons (Fsp3) is 0.0870. The Morgan fingerprint density at radius 3 is 1.40 bits per heavy atom. The van der Waals surface area contributed by atoms with Gasteiger partial charge >= 0.3 is 0 Å². The molecule has 224 valence electrons. The van der Waals surface area contributed by atoms with E-state index in [2.05, 4.69) is 169 Å². The first-order valence-electron chi connectivity index (χ1n) is 16.8. The maximum atomic E-state index is 2.47. The van der Waals surface area contributed by atoms with Gasteiger partial charge in [-0.2, -0.15) is 0 Å². The number of unbranched alkanes of at least 4 members (excludes halogenated alkanes) is 2. The molecule has 0 atom stereocenters. The van der Waals surface area contributed by atoms with Crippen molar-refractivity contribution < 1.29 is 0 Å². The van der Waals surface area contributed by atoms with Crippen molar-refractivity contribution in [1.29, 1.82) is 0 Å². The van der Waals surface area contributed by atoms with Gasteiger partial charge in [0.25, 0.3) is 0 Å². The van der Waals surface area contributed by atoms with Crippen LogP contribution in [-0.4, -0.2) is 4.57 Å². The Kier molecular flexibility index (Phi) is 6.64. The normalized spacial score (nSPS) is 12.3. The quantitative estimate of drug-likeness (QED) is 0.132. The first-order chi connectivity index (χ1) is 23.2. The van der Waals surface area contributed by atoms with E-state index in [4.69, 9.17) is 0 Å². The van der Waals surface area contributed by atoms with E-state index in [0.29, 0.717) is 0 Å². The number of benzene rings is 8. The summed E-state index contributed by atoms with van der Waals surface area (Å²) in [5, 5.41) is 12.7. The molecule has 9 rings (SSSR count). The maximum absolute atomic E-state index is 2.47. The van der Waals surface area contributed by atoms with Gasteiger partial charge in [-0.3, -0.25) is 0 Å². The number of allylic oxidation sites excluding steroid dienone is 1. The van der Waals surface area contributed by atoms with E-state index in [0.717, 1.165) is 6.42 Å². The summed E-state index contributed by atoms with van der Waals surface area (Å²) in [7, 11) is 0. The molecule has 0 aliphatic carbocycles. The van der Waals surface area contributed by atoms with E-state index in [-0.39, 0.29) is 0 Å². The fourth-order valence-electron chi connectivity index (χ4n) is 7.43. The Bertz CT molecular complexity index is 2500. The zero-order valence-corrected chi connectivity index (χ0v) is 26.6. The molecule has 0 amide bonds. The minimum atomic E-state index is 1.08. The Hall–Kier alpha value is -5.66. The molecule has 0 unspecified atom stereocenters. The lowest BCUT2D eigenvalue weighted by molar-refractivity contribution is 0.815. The number of hydrogen-bond donors (Lipinski definition) is 0. The Morgan fingerprint density at radius 1 is 0.468 bits per heavy atom. The zero-order chi connectivity index (χ0) is 31.3. The first-order valence-corrected chi connectivity index (χ1v) is 16.8. The first kappa shape index (κ1) is 27.6. The predicted molar refractivity (Wildman–Crippen MR) is 204 cm³/mol. The van der Waals surface area contributed by atoms with Gasteiger partial charge in [0, 0.05) is 16.5 Å². The van der Waals surface area contributed by atoms with Gasteiger partial charge in [0.2, 0.25) is 0 Å². The van der Waals surface area contributed by atoms with Gasteiger partial charge in [0.05, 0.1) is 11.0 Å². The maximum Gasteiger partial charge on any atom is 0.0547 e. The molecule has 0 radical (unpaired) electrons. The minimum absolute atomic E-state index is 1.08. The smallest absolute Gasteiger partial charge is 0.0547 e. The van der Waals surface area contributed by atoms with Crippen LogP contribution in [0.25, 0.3) is 76.2 Å². The monoisotopic (exact) mass is 601 g/mol. The lowest BCUT2D eigenvalue weighted by Crippen LogP contribution is -1.95. The molecular weight excluding hydrogens is 567 g/mol. The van der Waals surface area contributed by atoms with Crippen LogP contribution in [-0.2, 0) is 0 Å². The summed E-state index contributed by atoms with van der Waals surface area (Å²) < 4.78 is 2.47. The van der Waals surface area contributed by atoms with Crippen LogP contribution in [0, 0.1) is 0 Å². The SMILES string of the molecule is CCCC/C=C(\c1ccccc1)c1ccc(-n2c3cc4cc5ccccc5cc4cc3c3cc4cc5ccccc5cc4cc32)cc1. The zero-order valence-electron chi connectivity index (χ0n) is 26.6. The Labute approximate surface area is 275 Å². The van der Waals surface area contributed by atoms with Crippen molar-refractivity contribution >= 4 is 70.5 Å². The van der Waals surface area contributed by atoms with Crippen molar-refractivity contribution in [1.82, 2.24) is 4.57 Å². The number of nitrogens with zero attached hydrogens (tertiary/aromatic N) is 1. The van der Waals surface area contributed by atoms with Crippen LogP contribution in [0.2, 0.25) is 0 Å². The number of rotatable bonds is 6. The molecule has 0 aliphatic heterocycles. The molecule has 1 heteroatoms. The van der Waals surface area contributed by atoms with Crippen molar-refractivity contribution in [3.8, 4) is 5.69 Å². The van der Waals surface area contributed by atoms with Crippen molar-refractivity contribution in [2.45, 2.75) is 26.2 Å². The van der Waals surface area contributed by atoms with E-state index in [1.165, 1.54) is 100 Å². The molecule has 1 aromatic heterocycles. The van der Waals surface area contributed by atoms with Crippen LogP contribution in [0.3, 0.4) is 0 Å². The van der Waals surface area contributed by atoms with Gasteiger partial charge in [-0.1, -0.05) is 117 Å². The Morgan fingerprint density at radius 2 is 0.915 bits per heavy atom. The van der Waals surface area contributed by atoms with E-state index in [9.17, 15) is 0 Å². The lowest BCUT2D eigenvalue weighted by atomic mass is 9.96. The average molecular weight is 602 g/mol. The molecule has 8 aromatic carbocycles. The van der Waals surface area contributed by atoms with Crippen LogP contribution in [0.5, 0.6) is 0 Å². The second-order valence-corrected chi connectivity index (χ2v) is 12.8. The molecule has 0 saturated heterocycles. The molecule has 0 bridgehead atoms. The van der Waals surface area contributed by atoms with Crippen LogP contribution >= 0.6 is 0 Å². The number of fused-ring (bicyclic) bond motifs is 7. The van der Waals surface area contributed by atoms with Gasteiger partial charge in [-0.25, -0.2) is 0 Å². The minimum Gasteiger partial charge on any atom is -0.309 e. The molecule has 47 heavy (non-hydrogen) atoms.